The van der Waals surface area contributed by atoms with Crippen LogP contribution in [-0.4, -0.2) is 99.8 Å². The van der Waals surface area contributed by atoms with Gasteiger partial charge in [0.2, 0.25) is 0 Å². The summed E-state index contributed by atoms with van der Waals surface area (Å²) in [5.41, 5.74) is 0. The molecular formula is H20BCaNaO13. The van der Waals surface area contributed by atoms with Crippen LogP contribution < -0.4 is 44.6 Å². The summed E-state index contributed by atoms with van der Waals surface area (Å²) in [6, 6.07) is 0. The molecule has 0 amide bonds. The number of hydrogen-bond donors (Lipinski definition) is 0. The van der Waals surface area contributed by atoms with Gasteiger partial charge in [0.25, 0.3) is 0 Å². The summed E-state index contributed by atoms with van der Waals surface area (Å²) in [4.78, 5) is 0. The minimum atomic E-state index is -2.92. The van der Waals surface area contributed by atoms with Gasteiger partial charge in [-0.1, -0.05) is 0 Å². The van der Waals surface area contributed by atoms with Crippen molar-refractivity contribution < 1.29 is 99.4 Å². The zero-order chi connectivity index (χ0) is 3.58. The van der Waals surface area contributed by atoms with E-state index in [1.54, 1.807) is 0 Å². The molecule has 20 N–H and O–H groups in total. The summed E-state index contributed by atoms with van der Waals surface area (Å²) in [7, 11) is -2.92. The monoisotopic (exact) mass is 302 g/mol. The van der Waals surface area contributed by atoms with E-state index in [1.807, 2.05) is 0 Å². The first-order chi connectivity index (χ1) is 1.73. The normalized spacial score (nSPS) is 1.69. The first-order valence-electron chi connectivity index (χ1n) is 0.707. The first-order valence-corrected chi connectivity index (χ1v) is 0.707. The molecule has 104 valence electrons. The molecule has 0 radical (unpaired) electrons. The van der Waals surface area contributed by atoms with Gasteiger partial charge in [0.1, 0.15) is 0 Å². The van der Waals surface area contributed by atoms with E-state index < -0.39 is 7.32 Å². The van der Waals surface area contributed by atoms with Crippen LogP contribution in [-0.2, 0) is 0 Å². The minimum Gasteiger partial charge on any atom is -0.907 e. The number of rotatable bonds is 0. The summed E-state index contributed by atoms with van der Waals surface area (Å²) in [5, 5.41) is 25.2. The van der Waals surface area contributed by atoms with E-state index in [9.17, 15) is 0 Å². The van der Waals surface area contributed by atoms with E-state index in [2.05, 4.69) is 0 Å². The molecule has 0 aromatic heterocycles. The van der Waals surface area contributed by atoms with E-state index in [1.165, 1.54) is 0 Å². The molecule has 0 spiro atoms. The van der Waals surface area contributed by atoms with Crippen molar-refractivity contribution in [2.24, 2.45) is 0 Å². The molecule has 16 heavy (non-hydrogen) atoms. The van der Waals surface area contributed by atoms with Crippen molar-refractivity contribution in [2.75, 3.05) is 0 Å². The zero-order valence-corrected chi connectivity index (χ0v) is 12.7. The van der Waals surface area contributed by atoms with Crippen molar-refractivity contribution in [1.82, 2.24) is 0 Å². The molecule has 0 rings (SSSR count). The summed E-state index contributed by atoms with van der Waals surface area (Å²) in [5.74, 6) is 0. The Morgan fingerprint density at radius 3 is 0.438 bits per heavy atom. The van der Waals surface area contributed by atoms with Gasteiger partial charge in [-0.25, -0.2) is 0 Å². The largest absolute Gasteiger partial charge is 2.00 e. The number of hydrogen-bond acceptors (Lipinski definition) is 3. The molecule has 0 aromatic carbocycles. The molecule has 0 aliphatic carbocycles. The fourth-order valence-corrected chi connectivity index (χ4v) is 0. The van der Waals surface area contributed by atoms with Crippen LogP contribution in [0.5, 0.6) is 0 Å². The van der Waals surface area contributed by atoms with Crippen LogP contribution in [0.4, 0.5) is 0 Å². The molecule has 16 heteroatoms. The first kappa shape index (κ1) is 218. The molecule has 0 saturated heterocycles. The molecule has 0 unspecified atom stereocenters. The van der Waals surface area contributed by atoms with Gasteiger partial charge in [-0.05, 0) is 0 Å². The van der Waals surface area contributed by atoms with Gasteiger partial charge in [-0.15, -0.1) is 0 Å². The van der Waals surface area contributed by atoms with Gasteiger partial charge in [0.05, 0.1) is 0 Å². The van der Waals surface area contributed by atoms with Crippen LogP contribution in [0.2, 0.25) is 0 Å². The standard InChI is InChI=1S/BO3.Ca.Na.10H2O/c2-1(3)4;;;;;;;;;;;;/h;;;10*1H2/q-3;+2;+1;;;;;;;;;;. The van der Waals surface area contributed by atoms with E-state index >= 15 is 0 Å². The molecular weight excluding hydrogens is 282 g/mol. The maximum Gasteiger partial charge on any atom is 2.00 e. The maximum atomic E-state index is 8.42. The third-order valence-corrected chi connectivity index (χ3v) is 0. The average Bonchev–Trinajstić information content (AvgIpc) is 0.811. The molecule has 0 atom stereocenters. The molecule has 0 aliphatic rings. The second-order valence-electron chi connectivity index (χ2n) is 0.289. The smallest absolute Gasteiger partial charge is 0.907 e. The molecule has 0 fully saturated rings. The Morgan fingerprint density at radius 1 is 0.438 bits per heavy atom. The van der Waals surface area contributed by atoms with Crippen molar-refractivity contribution >= 4 is 45.1 Å². The molecule has 0 saturated carbocycles. The molecule has 0 aromatic rings. The Labute approximate surface area is 143 Å². The van der Waals surface area contributed by atoms with Crippen LogP contribution in [0.3, 0.4) is 0 Å². The van der Waals surface area contributed by atoms with Crippen LogP contribution >= 0.6 is 0 Å². The van der Waals surface area contributed by atoms with Crippen molar-refractivity contribution in [3.63, 3.8) is 0 Å². The minimum absolute atomic E-state index is 0. The van der Waals surface area contributed by atoms with Crippen molar-refractivity contribution in [3.05, 3.63) is 0 Å². The molecule has 0 aliphatic heterocycles. The second kappa shape index (κ2) is 182. The van der Waals surface area contributed by atoms with Gasteiger partial charge in [-0.2, -0.15) is 0 Å². The Morgan fingerprint density at radius 2 is 0.438 bits per heavy atom. The van der Waals surface area contributed by atoms with E-state index in [0.717, 1.165) is 0 Å². The topological polar surface area (TPSA) is 384 Å². The van der Waals surface area contributed by atoms with Crippen molar-refractivity contribution in [1.29, 1.82) is 0 Å². The third-order valence-electron chi connectivity index (χ3n) is 0. The summed E-state index contributed by atoms with van der Waals surface area (Å²) in [6.45, 7) is 0. The predicted octanol–water partition coefficient (Wildman–Crippen LogP) is -15.6. The molecule has 13 nitrogen and oxygen atoms in total. The van der Waals surface area contributed by atoms with E-state index in [0.29, 0.717) is 0 Å². The molecule has 0 heterocycles. The van der Waals surface area contributed by atoms with E-state index in [4.69, 9.17) is 15.1 Å². The predicted molar refractivity (Wildman–Crippen MR) is 47.6 cm³/mol. The Bertz CT molecular complexity index is 20.6. The van der Waals surface area contributed by atoms with Crippen LogP contribution in [0.1, 0.15) is 0 Å². The maximum absolute atomic E-state index is 8.42. The van der Waals surface area contributed by atoms with Crippen molar-refractivity contribution in [3.8, 4) is 0 Å². The van der Waals surface area contributed by atoms with Gasteiger partial charge in [0, 0.05) is 0 Å². The SMILES string of the molecule is O.O.O.O.O.O.O.O.O.O.[Ca+2].[Na+].[O-]B([O-])[O-]. The van der Waals surface area contributed by atoms with E-state index in [-0.39, 0.29) is 122 Å². The second-order valence-corrected chi connectivity index (χ2v) is 0.289. The van der Waals surface area contributed by atoms with Crippen LogP contribution in [0.15, 0.2) is 0 Å². The van der Waals surface area contributed by atoms with Gasteiger partial charge >= 0.3 is 67.3 Å². The fraction of sp³-hybridized carbons (Fsp3) is 0. The average molecular weight is 302 g/mol. The Kier molecular flexibility index (Phi) is 2480. The van der Waals surface area contributed by atoms with Gasteiger partial charge in [0.15, 0.2) is 0 Å². The zero-order valence-electron chi connectivity index (χ0n) is 8.51. The van der Waals surface area contributed by atoms with Crippen molar-refractivity contribution in [2.45, 2.75) is 0 Å². The summed E-state index contributed by atoms with van der Waals surface area (Å²) < 4.78 is 0. The van der Waals surface area contributed by atoms with Crippen LogP contribution in [0.25, 0.3) is 0 Å². The van der Waals surface area contributed by atoms with Crippen LogP contribution in [0, 0.1) is 0 Å². The Balaban J connectivity index is -0.000000000682. The molecule has 0 bridgehead atoms. The summed E-state index contributed by atoms with van der Waals surface area (Å²) >= 11 is 0. The Hall–Kier alpha value is 1.80. The van der Waals surface area contributed by atoms with Gasteiger partial charge < -0.3 is 69.8 Å². The quantitative estimate of drug-likeness (QED) is 0.393. The van der Waals surface area contributed by atoms with Gasteiger partial charge in [-0.3, -0.25) is 7.32 Å². The fourth-order valence-electron chi connectivity index (χ4n) is 0. The summed E-state index contributed by atoms with van der Waals surface area (Å²) in [6.07, 6.45) is 0. The third kappa shape index (κ3) is 1060.